The fourth-order valence-corrected chi connectivity index (χ4v) is 14.2. The van der Waals surface area contributed by atoms with Crippen LogP contribution < -0.4 is 0 Å². The van der Waals surface area contributed by atoms with Crippen LogP contribution in [-0.2, 0) is 65.4 Å². The van der Waals surface area contributed by atoms with Crippen molar-refractivity contribution in [1.82, 2.24) is 0 Å². The first-order valence-electron chi connectivity index (χ1n) is 42.4. The van der Waals surface area contributed by atoms with Gasteiger partial charge in [0.1, 0.15) is 19.3 Å². The molecule has 101 heavy (non-hydrogen) atoms. The molecule has 0 heterocycles. The zero-order valence-electron chi connectivity index (χ0n) is 66.4. The molecule has 0 spiro atoms. The van der Waals surface area contributed by atoms with Crippen molar-refractivity contribution in [3.63, 3.8) is 0 Å². The van der Waals surface area contributed by atoms with E-state index in [1.165, 1.54) is 231 Å². The van der Waals surface area contributed by atoms with E-state index in [4.69, 9.17) is 37.0 Å². The Labute approximate surface area is 619 Å². The highest BCUT2D eigenvalue weighted by molar-refractivity contribution is 7.47. The second-order valence-electron chi connectivity index (χ2n) is 30.5. The minimum absolute atomic E-state index is 0.104. The molecule has 0 rings (SSSR count). The number of aliphatic hydroxyl groups is 1. The molecule has 4 unspecified atom stereocenters. The summed E-state index contributed by atoms with van der Waals surface area (Å²) in [7, 11) is -9.92. The van der Waals surface area contributed by atoms with Crippen LogP contribution in [0.2, 0.25) is 0 Å². The Kier molecular flexibility index (Phi) is 70.9. The third-order valence-corrected chi connectivity index (χ3v) is 21.8. The Morgan fingerprint density at radius 1 is 0.287 bits per heavy atom. The fourth-order valence-electron chi connectivity index (χ4n) is 12.6. The Hall–Kier alpha value is -1.94. The van der Waals surface area contributed by atoms with Gasteiger partial charge in [-0.1, -0.05) is 376 Å². The fraction of sp³-hybridized carbons (Fsp3) is 0.951. The minimum atomic E-state index is -4.96. The Bertz CT molecular complexity index is 1960. The van der Waals surface area contributed by atoms with E-state index in [-0.39, 0.29) is 25.7 Å². The van der Waals surface area contributed by atoms with Crippen molar-refractivity contribution >= 4 is 39.5 Å². The van der Waals surface area contributed by atoms with E-state index in [0.717, 1.165) is 114 Å². The van der Waals surface area contributed by atoms with Crippen molar-refractivity contribution in [1.29, 1.82) is 0 Å². The van der Waals surface area contributed by atoms with Crippen molar-refractivity contribution in [3.05, 3.63) is 0 Å². The average molecular weight is 1480 g/mol. The molecule has 0 radical (unpaired) electrons. The van der Waals surface area contributed by atoms with Crippen molar-refractivity contribution < 1.29 is 80.2 Å². The number of phosphoric acid groups is 2. The zero-order valence-corrected chi connectivity index (χ0v) is 68.2. The van der Waals surface area contributed by atoms with Crippen molar-refractivity contribution in [3.8, 4) is 0 Å². The van der Waals surface area contributed by atoms with Gasteiger partial charge in [-0.15, -0.1) is 0 Å². The normalized spacial score (nSPS) is 14.5. The molecule has 0 amide bonds. The summed E-state index contributed by atoms with van der Waals surface area (Å²) in [6, 6.07) is 0. The number of rotatable bonds is 80. The molecule has 0 saturated heterocycles. The standard InChI is InChI=1S/C82H160O17P2/c1-8-11-12-13-14-15-16-17-18-19-20-21-22-23-24-29-32-37-42-51-58-65-81(86)98-77(69-92-79(84)63-56-49-41-36-31-28-26-25-27-30-35-40-47-54-61-74(6)9-2)71-96-100(88,89)94-67-76(83)68-95-101(90,91)97-72-78(70-93-80(85)64-57-50-45-44-48-55-62-75(7)10-3)99-82(87)66-59-52-43-38-33-34-39-46-53-60-73(4)5/h73-78,83H,8-72H2,1-7H3,(H,88,89)(H,90,91)/t74?,75?,76-,77-,78-/m1/s1. The predicted molar refractivity (Wildman–Crippen MR) is 414 cm³/mol. The summed E-state index contributed by atoms with van der Waals surface area (Å²) in [5.41, 5.74) is 0. The molecule has 0 aromatic carbocycles. The van der Waals surface area contributed by atoms with Crippen LogP contribution in [0.3, 0.4) is 0 Å². The highest BCUT2D eigenvalue weighted by Crippen LogP contribution is 2.45. The van der Waals surface area contributed by atoms with Crippen molar-refractivity contribution in [2.75, 3.05) is 39.6 Å². The molecular formula is C82H160O17P2. The Morgan fingerprint density at radius 2 is 0.505 bits per heavy atom. The van der Waals surface area contributed by atoms with Crippen LogP contribution >= 0.6 is 15.6 Å². The summed E-state index contributed by atoms with van der Waals surface area (Å²) < 4.78 is 68.7. The molecule has 0 aliphatic rings. The van der Waals surface area contributed by atoms with E-state index in [1.54, 1.807) is 0 Å². The highest BCUT2D eigenvalue weighted by atomic mass is 31.2. The summed E-state index contributed by atoms with van der Waals surface area (Å²) in [5.74, 6) is 0.204. The van der Waals surface area contributed by atoms with Crippen LogP contribution in [-0.4, -0.2) is 96.7 Å². The average Bonchev–Trinajstić information content (AvgIpc) is 0.935. The van der Waals surface area contributed by atoms with Crippen molar-refractivity contribution in [2.24, 2.45) is 17.8 Å². The summed E-state index contributed by atoms with van der Waals surface area (Å²) in [6.07, 6.45) is 61.2. The van der Waals surface area contributed by atoms with E-state index in [0.29, 0.717) is 25.7 Å². The van der Waals surface area contributed by atoms with E-state index in [9.17, 15) is 43.2 Å². The molecule has 0 aliphatic carbocycles. The van der Waals surface area contributed by atoms with Crippen LogP contribution in [0.15, 0.2) is 0 Å². The largest absolute Gasteiger partial charge is 0.472 e. The van der Waals surface area contributed by atoms with Crippen LogP contribution in [0.4, 0.5) is 0 Å². The monoisotopic (exact) mass is 1480 g/mol. The maximum atomic E-state index is 13.1. The van der Waals surface area contributed by atoms with E-state index < -0.39 is 97.5 Å². The Balaban J connectivity index is 5.22. The lowest BCUT2D eigenvalue weighted by molar-refractivity contribution is -0.161. The van der Waals surface area contributed by atoms with Gasteiger partial charge in [0.05, 0.1) is 26.4 Å². The second-order valence-corrected chi connectivity index (χ2v) is 33.4. The van der Waals surface area contributed by atoms with E-state index in [2.05, 4.69) is 48.5 Å². The molecule has 0 aliphatic heterocycles. The van der Waals surface area contributed by atoms with Crippen molar-refractivity contribution in [2.45, 2.75) is 446 Å². The molecule has 17 nitrogen and oxygen atoms in total. The number of esters is 4. The summed E-state index contributed by atoms with van der Waals surface area (Å²) in [5, 5.41) is 10.6. The quantitative estimate of drug-likeness (QED) is 0.0222. The molecule has 3 N–H and O–H groups in total. The number of carbonyl (C=O) groups is 4. The van der Waals surface area contributed by atoms with Gasteiger partial charge in [0.25, 0.3) is 0 Å². The maximum absolute atomic E-state index is 13.1. The summed E-state index contributed by atoms with van der Waals surface area (Å²) in [6.45, 7) is 11.9. The van der Waals surface area contributed by atoms with E-state index in [1.807, 2.05) is 0 Å². The van der Waals surface area contributed by atoms with Crippen LogP contribution in [0, 0.1) is 17.8 Å². The molecule has 7 atom stereocenters. The zero-order chi connectivity index (χ0) is 74.4. The first-order valence-corrected chi connectivity index (χ1v) is 45.4. The molecule has 0 aromatic rings. The summed E-state index contributed by atoms with van der Waals surface area (Å²) in [4.78, 5) is 73.0. The lowest BCUT2D eigenvalue weighted by atomic mass is 9.99. The maximum Gasteiger partial charge on any atom is 0.472 e. The predicted octanol–water partition coefficient (Wildman–Crippen LogP) is 24.5. The van der Waals surface area contributed by atoms with Gasteiger partial charge in [0.2, 0.25) is 0 Å². The number of carbonyl (C=O) groups excluding carboxylic acids is 4. The van der Waals surface area contributed by atoms with Gasteiger partial charge < -0.3 is 33.8 Å². The van der Waals surface area contributed by atoms with E-state index >= 15 is 0 Å². The summed E-state index contributed by atoms with van der Waals surface area (Å²) >= 11 is 0. The lowest BCUT2D eigenvalue weighted by Gasteiger charge is -2.21. The number of hydrogen-bond donors (Lipinski definition) is 3. The van der Waals surface area contributed by atoms with Gasteiger partial charge in [0, 0.05) is 25.7 Å². The number of hydrogen-bond acceptors (Lipinski definition) is 15. The Morgan fingerprint density at radius 3 is 0.752 bits per heavy atom. The van der Waals surface area contributed by atoms with Crippen LogP contribution in [0.5, 0.6) is 0 Å². The molecule has 0 saturated carbocycles. The molecule has 19 heteroatoms. The van der Waals surface area contributed by atoms with Crippen LogP contribution in [0.25, 0.3) is 0 Å². The smallest absolute Gasteiger partial charge is 0.462 e. The molecule has 0 aromatic heterocycles. The first-order chi connectivity index (χ1) is 48.8. The first kappa shape index (κ1) is 99.1. The van der Waals surface area contributed by atoms with Gasteiger partial charge in [-0.2, -0.15) is 0 Å². The molecular weight excluding hydrogens is 1320 g/mol. The molecule has 600 valence electrons. The van der Waals surface area contributed by atoms with Gasteiger partial charge in [-0.25, -0.2) is 9.13 Å². The van der Waals surface area contributed by atoms with Gasteiger partial charge in [0.15, 0.2) is 12.2 Å². The number of ether oxygens (including phenoxy) is 4. The lowest BCUT2D eigenvalue weighted by Crippen LogP contribution is -2.30. The van der Waals surface area contributed by atoms with Gasteiger partial charge in [-0.05, 0) is 43.4 Å². The van der Waals surface area contributed by atoms with Crippen LogP contribution in [0.1, 0.15) is 427 Å². The molecule has 0 bridgehead atoms. The number of phosphoric ester groups is 2. The topological polar surface area (TPSA) is 237 Å². The number of unbranched alkanes of at least 4 members (excludes halogenated alkanes) is 46. The third-order valence-electron chi connectivity index (χ3n) is 19.9. The van der Waals surface area contributed by atoms with Gasteiger partial charge >= 0.3 is 39.5 Å². The second kappa shape index (κ2) is 72.3. The van der Waals surface area contributed by atoms with Gasteiger partial charge in [-0.3, -0.25) is 37.3 Å². The minimum Gasteiger partial charge on any atom is -0.462 e. The highest BCUT2D eigenvalue weighted by Gasteiger charge is 2.30. The third kappa shape index (κ3) is 73.4. The number of aliphatic hydroxyl groups excluding tert-OH is 1. The SMILES string of the molecule is CCCCCCCCCCCCCCCCCCCCCCCC(=O)O[C@H](COC(=O)CCCCCCCCCCCCCCCCC(C)CC)COP(=O)(O)OC[C@@H](O)COP(=O)(O)OC[C@@H](COC(=O)CCCCCCCCC(C)CC)OC(=O)CCCCCCCCCCCC(C)C. The molecule has 0 fully saturated rings.